The summed E-state index contributed by atoms with van der Waals surface area (Å²) in [6, 6.07) is 4.99. The van der Waals surface area contributed by atoms with Gasteiger partial charge in [0.15, 0.2) is 11.5 Å². The van der Waals surface area contributed by atoms with E-state index in [2.05, 4.69) is 10.6 Å². The maximum atomic E-state index is 11.7. The van der Waals surface area contributed by atoms with Crippen molar-refractivity contribution in [2.75, 3.05) is 39.3 Å². The molecule has 0 aliphatic heterocycles. The molecule has 1 aromatic rings. The van der Waals surface area contributed by atoms with E-state index in [1.165, 1.54) is 14.2 Å². The van der Waals surface area contributed by atoms with Gasteiger partial charge in [0.25, 0.3) is 0 Å². The Kier molecular flexibility index (Phi) is 8.99. The summed E-state index contributed by atoms with van der Waals surface area (Å²) in [7, 11) is 3.05. The fourth-order valence-electron chi connectivity index (χ4n) is 1.79. The monoisotopic (exact) mass is 354 g/mol. The molecule has 0 saturated carbocycles. The third-order valence-electron chi connectivity index (χ3n) is 3.00. The number of rotatable bonds is 9. The van der Waals surface area contributed by atoms with Crippen molar-refractivity contribution in [3.8, 4) is 11.5 Å². The Bertz CT molecular complexity index is 562. The van der Waals surface area contributed by atoms with Crippen LogP contribution in [0.15, 0.2) is 18.2 Å². The van der Waals surface area contributed by atoms with Crippen LogP contribution < -0.4 is 20.1 Å². The van der Waals surface area contributed by atoms with E-state index in [4.69, 9.17) is 18.9 Å². The zero-order chi connectivity index (χ0) is 18.7. The molecule has 0 unspecified atom stereocenters. The second-order valence-electron chi connectivity index (χ2n) is 5.60. The quantitative estimate of drug-likeness (QED) is 0.662. The van der Waals surface area contributed by atoms with E-state index < -0.39 is 12.2 Å². The summed E-state index contributed by atoms with van der Waals surface area (Å²) in [4.78, 5) is 23.0. The first-order valence-corrected chi connectivity index (χ1v) is 8.02. The van der Waals surface area contributed by atoms with Crippen LogP contribution in [0, 0.1) is 5.92 Å². The predicted octanol–water partition coefficient (Wildman–Crippen LogP) is 3.02. The summed E-state index contributed by atoms with van der Waals surface area (Å²) in [5, 5.41) is 5.18. The Morgan fingerprint density at radius 2 is 1.76 bits per heavy atom. The van der Waals surface area contributed by atoms with E-state index in [1.807, 2.05) is 13.8 Å². The molecule has 1 rings (SSSR count). The summed E-state index contributed by atoms with van der Waals surface area (Å²) in [6.07, 6.45) is -0.575. The van der Waals surface area contributed by atoms with Gasteiger partial charge in [0, 0.05) is 18.3 Å². The van der Waals surface area contributed by atoms with Gasteiger partial charge in [-0.1, -0.05) is 13.8 Å². The minimum atomic E-state index is -0.588. The summed E-state index contributed by atoms with van der Waals surface area (Å²) in [6.45, 7) is 4.82. The van der Waals surface area contributed by atoms with Crippen molar-refractivity contribution in [1.29, 1.82) is 0 Å². The molecular weight excluding hydrogens is 328 g/mol. The molecule has 8 heteroatoms. The van der Waals surface area contributed by atoms with Crippen LogP contribution >= 0.6 is 0 Å². The van der Waals surface area contributed by atoms with Gasteiger partial charge >= 0.3 is 12.2 Å². The van der Waals surface area contributed by atoms with Crippen molar-refractivity contribution < 1.29 is 28.5 Å². The number of anilines is 1. The molecule has 0 radical (unpaired) electrons. The van der Waals surface area contributed by atoms with E-state index in [0.29, 0.717) is 36.8 Å². The second kappa shape index (κ2) is 11.0. The van der Waals surface area contributed by atoms with E-state index in [9.17, 15) is 9.59 Å². The number of nitrogens with one attached hydrogen (secondary N) is 2. The lowest BCUT2D eigenvalue weighted by molar-refractivity contribution is 0.131. The van der Waals surface area contributed by atoms with E-state index in [-0.39, 0.29) is 12.5 Å². The van der Waals surface area contributed by atoms with Crippen LogP contribution in [0.4, 0.5) is 15.3 Å². The van der Waals surface area contributed by atoms with Crippen LogP contribution in [-0.2, 0) is 9.47 Å². The van der Waals surface area contributed by atoms with Gasteiger partial charge < -0.3 is 24.3 Å². The highest BCUT2D eigenvalue weighted by atomic mass is 16.6. The van der Waals surface area contributed by atoms with Crippen LogP contribution in [0.5, 0.6) is 11.5 Å². The topological polar surface area (TPSA) is 95.1 Å². The summed E-state index contributed by atoms with van der Waals surface area (Å²) < 4.78 is 20.3. The first-order chi connectivity index (χ1) is 12.0. The molecule has 8 nitrogen and oxygen atoms in total. The lowest BCUT2D eigenvalue weighted by Gasteiger charge is -2.11. The molecule has 0 aliphatic carbocycles. The SMILES string of the molecule is COc1ccc(NC(=O)OCCCNC(=O)OCC(C)C)cc1OC. The Balaban J connectivity index is 2.24. The minimum absolute atomic E-state index is 0.170. The number of amides is 2. The fourth-order valence-corrected chi connectivity index (χ4v) is 1.79. The van der Waals surface area contributed by atoms with Crippen molar-refractivity contribution >= 4 is 17.9 Å². The molecule has 0 spiro atoms. The van der Waals surface area contributed by atoms with Crippen molar-refractivity contribution in [3.05, 3.63) is 18.2 Å². The van der Waals surface area contributed by atoms with Crippen molar-refractivity contribution in [3.63, 3.8) is 0 Å². The van der Waals surface area contributed by atoms with Crippen molar-refractivity contribution in [2.24, 2.45) is 5.92 Å². The smallest absolute Gasteiger partial charge is 0.411 e. The maximum Gasteiger partial charge on any atom is 0.411 e. The zero-order valence-electron chi connectivity index (χ0n) is 15.1. The highest BCUT2D eigenvalue weighted by Gasteiger charge is 2.08. The number of hydrogen-bond acceptors (Lipinski definition) is 6. The van der Waals surface area contributed by atoms with E-state index in [1.54, 1.807) is 18.2 Å². The summed E-state index contributed by atoms with van der Waals surface area (Å²) in [5.41, 5.74) is 0.526. The Hall–Kier alpha value is -2.64. The molecule has 0 atom stereocenters. The van der Waals surface area contributed by atoms with Crippen LogP contribution in [0.2, 0.25) is 0 Å². The van der Waals surface area contributed by atoms with Crippen LogP contribution in [-0.4, -0.2) is 46.2 Å². The molecule has 25 heavy (non-hydrogen) atoms. The zero-order valence-corrected chi connectivity index (χ0v) is 15.1. The fraction of sp³-hybridized carbons (Fsp3) is 0.529. The Morgan fingerprint density at radius 3 is 2.40 bits per heavy atom. The van der Waals surface area contributed by atoms with Crippen LogP contribution in [0.1, 0.15) is 20.3 Å². The van der Waals surface area contributed by atoms with Gasteiger partial charge in [0.05, 0.1) is 27.4 Å². The third kappa shape index (κ3) is 8.14. The van der Waals surface area contributed by atoms with Crippen LogP contribution in [0.3, 0.4) is 0 Å². The molecular formula is C17H26N2O6. The van der Waals surface area contributed by atoms with Crippen molar-refractivity contribution in [1.82, 2.24) is 5.32 Å². The molecule has 0 bridgehead atoms. The highest BCUT2D eigenvalue weighted by Crippen LogP contribution is 2.29. The van der Waals surface area contributed by atoms with Gasteiger partial charge in [-0.25, -0.2) is 9.59 Å². The number of hydrogen-bond donors (Lipinski definition) is 2. The van der Waals surface area contributed by atoms with Crippen LogP contribution in [0.25, 0.3) is 0 Å². The molecule has 0 heterocycles. The number of ether oxygens (including phenoxy) is 4. The van der Waals surface area contributed by atoms with E-state index in [0.717, 1.165) is 0 Å². The lowest BCUT2D eigenvalue weighted by atomic mass is 10.2. The second-order valence-corrected chi connectivity index (χ2v) is 5.60. The number of carbonyl (C=O) groups excluding carboxylic acids is 2. The number of alkyl carbamates (subject to hydrolysis) is 1. The molecule has 0 fully saturated rings. The van der Waals surface area contributed by atoms with Crippen molar-refractivity contribution in [2.45, 2.75) is 20.3 Å². The molecule has 0 saturated heterocycles. The molecule has 0 aliphatic rings. The molecule has 1 aromatic carbocycles. The lowest BCUT2D eigenvalue weighted by Crippen LogP contribution is -2.27. The standard InChI is InChI=1S/C17H26N2O6/c1-12(2)11-25-16(20)18-8-5-9-24-17(21)19-13-6-7-14(22-3)15(10-13)23-4/h6-7,10,12H,5,8-9,11H2,1-4H3,(H,18,20)(H,19,21). The first-order valence-electron chi connectivity index (χ1n) is 8.02. The Labute approximate surface area is 147 Å². The van der Waals surface area contributed by atoms with Gasteiger partial charge in [-0.2, -0.15) is 0 Å². The number of benzene rings is 1. The molecule has 2 amide bonds. The molecule has 2 N–H and O–H groups in total. The maximum absolute atomic E-state index is 11.7. The average Bonchev–Trinajstić information content (AvgIpc) is 2.59. The first kappa shape index (κ1) is 20.4. The largest absolute Gasteiger partial charge is 0.493 e. The average molecular weight is 354 g/mol. The van der Waals surface area contributed by atoms with Gasteiger partial charge in [0.2, 0.25) is 0 Å². The van der Waals surface area contributed by atoms with Gasteiger partial charge in [0.1, 0.15) is 0 Å². The minimum Gasteiger partial charge on any atom is -0.493 e. The summed E-state index contributed by atoms with van der Waals surface area (Å²) in [5.74, 6) is 1.36. The van der Waals surface area contributed by atoms with E-state index >= 15 is 0 Å². The normalized spacial score (nSPS) is 10.1. The van der Waals surface area contributed by atoms with Gasteiger partial charge in [-0.05, 0) is 24.5 Å². The van der Waals surface area contributed by atoms with Gasteiger partial charge in [-0.15, -0.1) is 0 Å². The molecule has 0 aromatic heterocycles. The number of carbonyl (C=O) groups is 2. The third-order valence-corrected chi connectivity index (χ3v) is 3.00. The highest BCUT2D eigenvalue weighted by molar-refractivity contribution is 5.85. The summed E-state index contributed by atoms with van der Waals surface area (Å²) >= 11 is 0. The number of methoxy groups -OCH3 is 2. The molecule has 140 valence electrons. The van der Waals surface area contributed by atoms with Gasteiger partial charge in [-0.3, -0.25) is 5.32 Å². The predicted molar refractivity (Wildman–Crippen MR) is 93.3 cm³/mol. The Morgan fingerprint density at radius 1 is 1.04 bits per heavy atom.